The number of fused-ring (bicyclic) bond motifs is 1. The van der Waals surface area contributed by atoms with Crippen LogP contribution in [0.4, 0.5) is 0 Å². The molecule has 1 saturated heterocycles. The summed E-state index contributed by atoms with van der Waals surface area (Å²) in [7, 11) is 0. The Kier molecular flexibility index (Phi) is 4.21. The van der Waals surface area contributed by atoms with Crippen molar-refractivity contribution in [3.05, 3.63) is 29.3 Å². The first-order chi connectivity index (χ1) is 9.83. The fourth-order valence-corrected chi connectivity index (χ4v) is 2.99. The van der Waals surface area contributed by atoms with E-state index in [-0.39, 0.29) is 5.91 Å². The van der Waals surface area contributed by atoms with Crippen molar-refractivity contribution >= 4 is 5.91 Å². The number of ether oxygens (including phenoxy) is 1. The topological polar surface area (TPSA) is 50.4 Å². The highest BCUT2D eigenvalue weighted by Crippen LogP contribution is 2.25. The minimum atomic E-state index is 0.0358. The first kappa shape index (κ1) is 13.4. The standard InChI is InChI=1S/C16H22N2O2/c19-16(18-9-5-12-3-7-17-8-4-12)14-1-2-15-13(11-14)6-10-20-15/h1-2,11-12,17H,3-10H2,(H,18,19). The fraction of sp³-hybridized carbons (Fsp3) is 0.562. The Balaban J connectivity index is 1.49. The number of hydrogen-bond acceptors (Lipinski definition) is 3. The average Bonchev–Trinajstić information content (AvgIpc) is 2.95. The average molecular weight is 274 g/mol. The van der Waals surface area contributed by atoms with E-state index >= 15 is 0 Å². The third-order valence-electron chi connectivity index (χ3n) is 4.25. The van der Waals surface area contributed by atoms with Gasteiger partial charge >= 0.3 is 0 Å². The van der Waals surface area contributed by atoms with Crippen molar-refractivity contribution in [2.45, 2.75) is 25.7 Å². The minimum Gasteiger partial charge on any atom is -0.493 e. The van der Waals surface area contributed by atoms with Gasteiger partial charge in [0, 0.05) is 18.5 Å². The van der Waals surface area contributed by atoms with Crippen LogP contribution in [0.25, 0.3) is 0 Å². The molecule has 108 valence electrons. The van der Waals surface area contributed by atoms with E-state index in [4.69, 9.17) is 4.74 Å². The SMILES string of the molecule is O=C(NCCC1CCNCC1)c1ccc2c(c1)CCO2. The van der Waals surface area contributed by atoms with Gasteiger partial charge in [0.25, 0.3) is 5.91 Å². The van der Waals surface area contributed by atoms with Crippen molar-refractivity contribution in [1.29, 1.82) is 0 Å². The van der Waals surface area contributed by atoms with Gasteiger partial charge in [0.05, 0.1) is 6.61 Å². The number of carbonyl (C=O) groups excluding carboxylic acids is 1. The molecule has 0 unspecified atom stereocenters. The summed E-state index contributed by atoms with van der Waals surface area (Å²) < 4.78 is 5.46. The van der Waals surface area contributed by atoms with Gasteiger partial charge in [-0.3, -0.25) is 4.79 Å². The predicted octanol–water partition coefficient (Wildman–Crippen LogP) is 1.74. The highest BCUT2D eigenvalue weighted by atomic mass is 16.5. The molecule has 1 amide bonds. The summed E-state index contributed by atoms with van der Waals surface area (Å²) in [6.07, 6.45) is 4.45. The van der Waals surface area contributed by atoms with Crippen molar-refractivity contribution in [3.8, 4) is 5.75 Å². The second-order valence-corrected chi connectivity index (χ2v) is 5.66. The van der Waals surface area contributed by atoms with Crippen molar-refractivity contribution in [1.82, 2.24) is 10.6 Å². The Labute approximate surface area is 119 Å². The molecule has 0 radical (unpaired) electrons. The number of nitrogens with one attached hydrogen (secondary N) is 2. The molecule has 3 rings (SSSR count). The van der Waals surface area contributed by atoms with Gasteiger partial charge in [-0.05, 0) is 62.0 Å². The van der Waals surface area contributed by atoms with Crippen LogP contribution in [0.5, 0.6) is 5.75 Å². The fourth-order valence-electron chi connectivity index (χ4n) is 2.99. The van der Waals surface area contributed by atoms with Gasteiger partial charge in [0.1, 0.15) is 5.75 Å². The molecule has 20 heavy (non-hydrogen) atoms. The molecule has 0 saturated carbocycles. The van der Waals surface area contributed by atoms with E-state index in [9.17, 15) is 4.79 Å². The zero-order chi connectivity index (χ0) is 13.8. The van der Waals surface area contributed by atoms with Crippen LogP contribution < -0.4 is 15.4 Å². The summed E-state index contributed by atoms with van der Waals surface area (Å²) in [6, 6.07) is 5.72. The quantitative estimate of drug-likeness (QED) is 0.879. The molecule has 2 N–H and O–H groups in total. The van der Waals surface area contributed by atoms with Gasteiger partial charge in [-0.25, -0.2) is 0 Å². The van der Waals surface area contributed by atoms with Crippen LogP contribution >= 0.6 is 0 Å². The molecule has 1 aromatic rings. The van der Waals surface area contributed by atoms with Crippen LogP contribution in [0.15, 0.2) is 18.2 Å². The molecule has 0 spiro atoms. The Morgan fingerprint density at radius 2 is 2.20 bits per heavy atom. The second-order valence-electron chi connectivity index (χ2n) is 5.66. The van der Waals surface area contributed by atoms with Gasteiger partial charge in [-0.2, -0.15) is 0 Å². The Hall–Kier alpha value is -1.55. The number of amides is 1. The van der Waals surface area contributed by atoms with Crippen LogP contribution in [-0.4, -0.2) is 32.1 Å². The number of rotatable bonds is 4. The maximum atomic E-state index is 12.1. The van der Waals surface area contributed by atoms with Crippen LogP contribution in [0.1, 0.15) is 35.2 Å². The lowest BCUT2D eigenvalue weighted by atomic mass is 9.95. The van der Waals surface area contributed by atoms with Crippen LogP contribution in [0.2, 0.25) is 0 Å². The first-order valence-corrected chi connectivity index (χ1v) is 7.57. The molecular formula is C16H22N2O2. The zero-order valence-electron chi connectivity index (χ0n) is 11.8. The third-order valence-corrected chi connectivity index (χ3v) is 4.25. The molecule has 4 heteroatoms. The first-order valence-electron chi connectivity index (χ1n) is 7.57. The van der Waals surface area contributed by atoms with Gasteiger partial charge in [-0.15, -0.1) is 0 Å². The highest BCUT2D eigenvalue weighted by molar-refractivity contribution is 5.94. The molecule has 0 aromatic heterocycles. The Bertz CT molecular complexity index is 481. The molecule has 1 aromatic carbocycles. The molecule has 4 nitrogen and oxygen atoms in total. The van der Waals surface area contributed by atoms with Gasteiger partial charge < -0.3 is 15.4 Å². The third kappa shape index (κ3) is 3.12. The zero-order valence-corrected chi connectivity index (χ0v) is 11.8. The van der Waals surface area contributed by atoms with E-state index in [1.165, 1.54) is 12.8 Å². The Morgan fingerprint density at radius 1 is 1.35 bits per heavy atom. The van der Waals surface area contributed by atoms with E-state index in [1.54, 1.807) is 0 Å². The minimum absolute atomic E-state index is 0.0358. The lowest BCUT2D eigenvalue weighted by molar-refractivity contribution is 0.0950. The van der Waals surface area contributed by atoms with Crippen LogP contribution in [0.3, 0.4) is 0 Å². The largest absolute Gasteiger partial charge is 0.493 e. The maximum absolute atomic E-state index is 12.1. The van der Waals surface area contributed by atoms with Crippen LogP contribution in [0, 0.1) is 5.92 Å². The van der Waals surface area contributed by atoms with Gasteiger partial charge in [0.2, 0.25) is 0 Å². The van der Waals surface area contributed by atoms with E-state index in [0.29, 0.717) is 0 Å². The van der Waals surface area contributed by atoms with Crippen LogP contribution in [-0.2, 0) is 6.42 Å². The van der Waals surface area contributed by atoms with Crippen molar-refractivity contribution in [2.24, 2.45) is 5.92 Å². The number of piperidine rings is 1. The number of hydrogen-bond donors (Lipinski definition) is 2. The molecule has 0 bridgehead atoms. The lowest BCUT2D eigenvalue weighted by Gasteiger charge is -2.22. The summed E-state index contributed by atoms with van der Waals surface area (Å²) in [5.41, 5.74) is 1.90. The van der Waals surface area contributed by atoms with Gasteiger partial charge in [-0.1, -0.05) is 0 Å². The van der Waals surface area contributed by atoms with Crippen molar-refractivity contribution < 1.29 is 9.53 Å². The molecule has 0 aliphatic carbocycles. The highest BCUT2D eigenvalue weighted by Gasteiger charge is 2.16. The second kappa shape index (κ2) is 6.27. The smallest absolute Gasteiger partial charge is 0.251 e. The summed E-state index contributed by atoms with van der Waals surface area (Å²) in [4.78, 5) is 12.1. The molecular weight excluding hydrogens is 252 g/mol. The molecule has 0 atom stereocenters. The molecule has 2 heterocycles. The summed E-state index contributed by atoms with van der Waals surface area (Å²) in [5.74, 6) is 1.72. The van der Waals surface area contributed by atoms with Crippen molar-refractivity contribution in [2.75, 3.05) is 26.2 Å². The van der Waals surface area contributed by atoms with Gasteiger partial charge in [0.15, 0.2) is 0 Å². The molecule has 2 aliphatic heterocycles. The van der Waals surface area contributed by atoms with E-state index < -0.39 is 0 Å². The summed E-state index contributed by atoms with van der Waals surface area (Å²) in [5, 5.41) is 6.40. The maximum Gasteiger partial charge on any atom is 0.251 e. The number of benzene rings is 1. The Morgan fingerprint density at radius 3 is 3.05 bits per heavy atom. The monoisotopic (exact) mass is 274 g/mol. The van der Waals surface area contributed by atoms with E-state index in [2.05, 4.69) is 10.6 Å². The summed E-state index contributed by atoms with van der Waals surface area (Å²) in [6.45, 7) is 3.74. The molecule has 2 aliphatic rings. The summed E-state index contributed by atoms with van der Waals surface area (Å²) >= 11 is 0. The lowest BCUT2D eigenvalue weighted by Crippen LogP contribution is -2.31. The predicted molar refractivity (Wildman–Crippen MR) is 78.2 cm³/mol. The van der Waals surface area contributed by atoms with E-state index in [0.717, 1.165) is 61.9 Å². The van der Waals surface area contributed by atoms with E-state index in [1.807, 2.05) is 18.2 Å². The number of carbonyl (C=O) groups is 1. The molecule has 1 fully saturated rings. The normalized spacial score (nSPS) is 18.4. The van der Waals surface area contributed by atoms with Crippen molar-refractivity contribution in [3.63, 3.8) is 0 Å².